The molecule has 3 unspecified atom stereocenters. The first kappa shape index (κ1) is 17.2. The highest BCUT2D eigenvalue weighted by Crippen LogP contribution is 2.40. The average Bonchev–Trinajstić information content (AvgIpc) is 2.86. The molecule has 1 saturated heterocycles. The fraction of sp³-hybridized carbons (Fsp3) is 1.00. The van der Waals surface area contributed by atoms with Gasteiger partial charge in [0, 0.05) is 26.2 Å². The molecule has 0 bridgehead atoms. The van der Waals surface area contributed by atoms with E-state index in [2.05, 4.69) is 24.1 Å². The molecule has 2 N–H and O–H groups in total. The summed E-state index contributed by atoms with van der Waals surface area (Å²) < 4.78 is 0. The van der Waals surface area contributed by atoms with Gasteiger partial charge in [-0.1, -0.05) is 26.7 Å². The summed E-state index contributed by atoms with van der Waals surface area (Å²) in [5.74, 6) is 1.62. The van der Waals surface area contributed by atoms with Gasteiger partial charge < -0.3 is 15.3 Å². The van der Waals surface area contributed by atoms with Crippen molar-refractivity contribution in [2.45, 2.75) is 58.8 Å². The molecule has 124 valence electrons. The third-order valence-corrected chi connectivity index (χ3v) is 5.58. The molecule has 1 aliphatic carbocycles. The minimum Gasteiger partial charge on any atom is -0.396 e. The van der Waals surface area contributed by atoms with Crippen molar-refractivity contribution in [3.63, 3.8) is 0 Å². The highest BCUT2D eigenvalue weighted by atomic mass is 16.3. The molecule has 21 heavy (non-hydrogen) atoms. The molecule has 0 aromatic heterocycles. The maximum atomic E-state index is 9.13. The topological polar surface area (TPSA) is 35.5 Å². The van der Waals surface area contributed by atoms with Crippen LogP contribution in [0.4, 0.5) is 0 Å². The summed E-state index contributed by atoms with van der Waals surface area (Å²) >= 11 is 0. The standard InChI is InChI=1S/C18H36N2O/c1-3-9-19-14-18(8-4-5-16(2)12-18)15-20-10-6-17(13-20)7-11-21/h16-17,19,21H,3-15H2,1-2H3. The lowest BCUT2D eigenvalue weighted by Gasteiger charge is -2.43. The molecule has 3 atom stereocenters. The van der Waals surface area contributed by atoms with Crippen molar-refractivity contribution in [3.8, 4) is 0 Å². The Hall–Kier alpha value is -0.120. The highest BCUT2D eigenvalue weighted by molar-refractivity contribution is 4.91. The Morgan fingerprint density at radius 2 is 2.19 bits per heavy atom. The van der Waals surface area contributed by atoms with Crippen LogP contribution in [0.25, 0.3) is 0 Å². The molecule has 0 spiro atoms. The van der Waals surface area contributed by atoms with Gasteiger partial charge in [0.1, 0.15) is 0 Å². The summed E-state index contributed by atoms with van der Waals surface area (Å²) in [5, 5.41) is 12.8. The monoisotopic (exact) mass is 296 g/mol. The summed E-state index contributed by atoms with van der Waals surface area (Å²) in [6.07, 6.45) is 9.13. The number of nitrogens with one attached hydrogen (secondary N) is 1. The molecular weight excluding hydrogens is 260 g/mol. The normalized spacial score (nSPS) is 34.4. The molecule has 3 nitrogen and oxygen atoms in total. The van der Waals surface area contributed by atoms with Crippen LogP contribution in [0, 0.1) is 17.3 Å². The molecule has 1 heterocycles. The molecule has 0 aromatic carbocycles. The van der Waals surface area contributed by atoms with Crippen molar-refractivity contribution in [1.82, 2.24) is 10.2 Å². The lowest BCUT2D eigenvalue weighted by atomic mass is 9.69. The molecule has 0 aromatic rings. The first-order valence-electron chi connectivity index (χ1n) is 9.21. The molecule has 0 radical (unpaired) electrons. The third-order valence-electron chi connectivity index (χ3n) is 5.58. The van der Waals surface area contributed by atoms with Gasteiger partial charge in [0.15, 0.2) is 0 Å². The number of nitrogens with zero attached hydrogens (tertiary/aromatic N) is 1. The smallest absolute Gasteiger partial charge is 0.0434 e. The average molecular weight is 296 g/mol. The summed E-state index contributed by atoms with van der Waals surface area (Å²) in [6.45, 7) is 11.1. The Morgan fingerprint density at radius 1 is 1.33 bits per heavy atom. The maximum Gasteiger partial charge on any atom is 0.0434 e. The van der Waals surface area contributed by atoms with Crippen LogP contribution < -0.4 is 5.32 Å². The SMILES string of the molecule is CCCNCC1(CN2CCC(CCO)C2)CCCC(C)C1. The van der Waals surface area contributed by atoms with Gasteiger partial charge >= 0.3 is 0 Å². The van der Waals surface area contributed by atoms with Crippen molar-refractivity contribution in [3.05, 3.63) is 0 Å². The van der Waals surface area contributed by atoms with Gasteiger partial charge in [-0.3, -0.25) is 0 Å². The fourth-order valence-electron chi connectivity index (χ4n) is 4.61. The lowest BCUT2D eigenvalue weighted by Crippen LogP contribution is -2.46. The molecule has 3 heteroatoms. The van der Waals surface area contributed by atoms with Crippen molar-refractivity contribution >= 4 is 0 Å². The van der Waals surface area contributed by atoms with Gasteiger partial charge in [-0.05, 0) is 62.4 Å². The Labute approximate surface area is 131 Å². The summed E-state index contributed by atoms with van der Waals surface area (Å²) in [7, 11) is 0. The first-order chi connectivity index (χ1) is 10.2. The molecule has 2 fully saturated rings. The van der Waals surface area contributed by atoms with E-state index in [1.54, 1.807) is 0 Å². The van der Waals surface area contributed by atoms with Crippen LogP contribution >= 0.6 is 0 Å². The predicted octanol–water partition coefficient (Wildman–Crippen LogP) is 2.89. The highest BCUT2D eigenvalue weighted by Gasteiger charge is 2.37. The Kier molecular flexibility index (Phi) is 6.97. The molecule has 2 rings (SSSR count). The van der Waals surface area contributed by atoms with Crippen molar-refractivity contribution in [1.29, 1.82) is 0 Å². The molecular formula is C18H36N2O. The van der Waals surface area contributed by atoms with Crippen LogP contribution in [0.15, 0.2) is 0 Å². The van der Waals surface area contributed by atoms with Crippen molar-refractivity contribution in [2.24, 2.45) is 17.3 Å². The molecule has 1 aliphatic heterocycles. The van der Waals surface area contributed by atoms with Gasteiger partial charge in [0.25, 0.3) is 0 Å². The largest absolute Gasteiger partial charge is 0.396 e. The van der Waals surface area contributed by atoms with Crippen molar-refractivity contribution < 1.29 is 5.11 Å². The molecule has 0 amide bonds. The Balaban J connectivity index is 1.89. The minimum absolute atomic E-state index is 0.360. The number of hydrogen-bond acceptors (Lipinski definition) is 3. The van der Waals surface area contributed by atoms with E-state index in [-0.39, 0.29) is 0 Å². The summed E-state index contributed by atoms with van der Waals surface area (Å²) in [4.78, 5) is 2.69. The number of rotatable bonds is 8. The second kappa shape index (κ2) is 8.50. The minimum atomic E-state index is 0.360. The van der Waals surface area contributed by atoms with E-state index in [1.165, 1.54) is 64.7 Å². The van der Waals surface area contributed by atoms with E-state index < -0.39 is 0 Å². The number of likely N-dealkylation sites (tertiary alicyclic amines) is 1. The number of hydrogen-bond donors (Lipinski definition) is 2. The fourth-order valence-corrected chi connectivity index (χ4v) is 4.61. The quantitative estimate of drug-likeness (QED) is 0.676. The zero-order valence-corrected chi connectivity index (χ0v) is 14.2. The van der Waals surface area contributed by atoms with Crippen LogP contribution in [0.2, 0.25) is 0 Å². The van der Waals surface area contributed by atoms with Crippen LogP contribution in [-0.2, 0) is 0 Å². The molecule has 1 saturated carbocycles. The first-order valence-corrected chi connectivity index (χ1v) is 9.21. The predicted molar refractivity (Wildman–Crippen MR) is 89.5 cm³/mol. The van der Waals surface area contributed by atoms with Gasteiger partial charge in [-0.2, -0.15) is 0 Å². The van der Waals surface area contributed by atoms with E-state index >= 15 is 0 Å². The zero-order chi connectivity index (χ0) is 15.1. The number of aliphatic hydroxyl groups is 1. The van der Waals surface area contributed by atoms with Crippen LogP contribution in [-0.4, -0.2) is 49.3 Å². The lowest BCUT2D eigenvalue weighted by molar-refractivity contribution is 0.0889. The Morgan fingerprint density at radius 3 is 2.90 bits per heavy atom. The van der Waals surface area contributed by atoms with Gasteiger partial charge in [0.2, 0.25) is 0 Å². The summed E-state index contributed by atoms with van der Waals surface area (Å²) in [5.41, 5.74) is 0.501. The van der Waals surface area contributed by atoms with E-state index in [0.29, 0.717) is 12.0 Å². The second-order valence-corrected chi connectivity index (χ2v) is 7.78. The summed E-state index contributed by atoms with van der Waals surface area (Å²) in [6, 6.07) is 0. The van der Waals surface area contributed by atoms with Crippen molar-refractivity contribution in [2.75, 3.05) is 39.3 Å². The molecule has 2 aliphatic rings. The van der Waals surface area contributed by atoms with Gasteiger partial charge in [-0.25, -0.2) is 0 Å². The van der Waals surface area contributed by atoms with Crippen LogP contribution in [0.3, 0.4) is 0 Å². The van der Waals surface area contributed by atoms with Gasteiger partial charge in [0.05, 0.1) is 0 Å². The van der Waals surface area contributed by atoms with E-state index in [9.17, 15) is 0 Å². The zero-order valence-electron chi connectivity index (χ0n) is 14.2. The number of aliphatic hydroxyl groups excluding tert-OH is 1. The maximum absolute atomic E-state index is 9.13. The van der Waals surface area contributed by atoms with Crippen LogP contribution in [0.5, 0.6) is 0 Å². The van der Waals surface area contributed by atoms with Gasteiger partial charge in [-0.15, -0.1) is 0 Å². The van der Waals surface area contributed by atoms with E-state index in [0.717, 1.165) is 24.8 Å². The Bertz CT molecular complexity index is 297. The third kappa shape index (κ3) is 5.22. The van der Waals surface area contributed by atoms with E-state index in [1.807, 2.05) is 0 Å². The van der Waals surface area contributed by atoms with Crippen LogP contribution in [0.1, 0.15) is 58.8 Å². The van der Waals surface area contributed by atoms with E-state index in [4.69, 9.17) is 5.11 Å². The second-order valence-electron chi connectivity index (χ2n) is 7.78.